The molecule has 2 heteroatoms. The highest BCUT2D eigenvalue weighted by Gasteiger charge is 2.11. The van der Waals surface area contributed by atoms with Crippen LogP contribution in [0.4, 0.5) is 0 Å². The number of rotatable bonds is 3. The van der Waals surface area contributed by atoms with Crippen molar-refractivity contribution in [3.8, 4) is 0 Å². The number of azo groups is 1. The molecule has 0 aromatic heterocycles. The van der Waals surface area contributed by atoms with Crippen LogP contribution >= 0.6 is 0 Å². The Kier molecular flexibility index (Phi) is 3.98. The van der Waals surface area contributed by atoms with Crippen LogP contribution in [0.1, 0.15) is 45.2 Å². The first-order valence-corrected chi connectivity index (χ1v) is 6.80. The molecule has 0 spiro atoms. The van der Waals surface area contributed by atoms with Crippen molar-refractivity contribution in [3.05, 3.63) is 53.1 Å². The van der Waals surface area contributed by atoms with E-state index in [1.54, 1.807) is 0 Å². The average molecular weight is 254 g/mol. The third-order valence-corrected chi connectivity index (χ3v) is 3.02. The SMILES string of the molecule is CC1=CCC(c2ccccc2CN=NC(C)(C)C)=C1. The predicted octanol–water partition coefficient (Wildman–Crippen LogP) is 5.17. The first-order valence-electron chi connectivity index (χ1n) is 6.80. The Balaban J connectivity index is 2.18. The van der Waals surface area contributed by atoms with Gasteiger partial charge in [-0.25, -0.2) is 0 Å². The van der Waals surface area contributed by atoms with Crippen molar-refractivity contribution < 1.29 is 0 Å². The number of allylic oxidation sites excluding steroid dienone is 4. The summed E-state index contributed by atoms with van der Waals surface area (Å²) in [5.41, 5.74) is 5.20. The van der Waals surface area contributed by atoms with Gasteiger partial charge in [0.15, 0.2) is 0 Å². The second-order valence-electron chi connectivity index (χ2n) is 6.05. The van der Waals surface area contributed by atoms with Crippen molar-refractivity contribution in [2.75, 3.05) is 0 Å². The van der Waals surface area contributed by atoms with E-state index in [4.69, 9.17) is 0 Å². The van der Waals surface area contributed by atoms with E-state index in [1.165, 1.54) is 22.3 Å². The zero-order chi connectivity index (χ0) is 13.9. The molecule has 0 atom stereocenters. The lowest BCUT2D eigenvalue weighted by Crippen LogP contribution is -2.08. The maximum atomic E-state index is 4.34. The molecule has 2 nitrogen and oxygen atoms in total. The number of benzene rings is 1. The summed E-state index contributed by atoms with van der Waals surface area (Å²) in [6.07, 6.45) is 5.56. The molecule has 1 aliphatic rings. The lowest BCUT2D eigenvalue weighted by molar-refractivity contribution is 0.537. The van der Waals surface area contributed by atoms with Crippen molar-refractivity contribution in [2.45, 2.75) is 46.2 Å². The lowest BCUT2D eigenvalue weighted by Gasteiger charge is -2.11. The van der Waals surface area contributed by atoms with Crippen LogP contribution in [-0.2, 0) is 6.54 Å². The Morgan fingerprint density at radius 2 is 1.89 bits per heavy atom. The molecule has 19 heavy (non-hydrogen) atoms. The zero-order valence-electron chi connectivity index (χ0n) is 12.3. The van der Waals surface area contributed by atoms with Crippen molar-refractivity contribution in [2.24, 2.45) is 10.2 Å². The van der Waals surface area contributed by atoms with Gasteiger partial charge in [0.05, 0.1) is 12.1 Å². The van der Waals surface area contributed by atoms with Crippen molar-refractivity contribution in [1.29, 1.82) is 0 Å². The normalized spacial score (nSPS) is 15.8. The zero-order valence-corrected chi connectivity index (χ0v) is 12.3. The quantitative estimate of drug-likeness (QED) is 0.665. The van der Waals surface area contributed by atoms with E-state index in [2.05, 4.69) is 74.3 Å². The van der Waals surface area contributed by atoms with Crippen molar-refractivity contribution in [1.82, 2.24) is 0 Å². The minimum absolute atomic E-state index is 0.0975. The van der Waals surface area contributed by atoms with E-state index in [9.17, 15) is 0 Å². The molecule has 0 amide bonds. The minimum atomic E-state index is -0.0975. The largest absolute Gasteiger partial charge is 0.189 e. The van der Waals surface area contributed by atoms with Gasteiger partial charge in [0, 0.05) is 0 Å². The maximum absolute atomic E-state index is 4.34. The van der Waals surface area contributed by atoms with Crippen LogP contribution in [0.3, 0.4) is 0 Å². The van der Waals surface area contributed by atoms with Gasteiger partial charge in [0.25, 0.3) is 0 Å². The Morgan fingerprint density at radius 3 is 2.53 bits per heavy atom. The average Bonchev–Trinajstić information content (AvgIpc) is 2.75. The third-order valence-electron chi connectivity index (χ3n) is 3.02. The molecule has 0 saturated heterocycles. The van der Waals surface area contributed by atoms with E-state index in [0.717, 1.165) is 6.42 Å². The molecule has 0 bridgehead atoms. The molecule has 100 valence electrons. The second kappa shape index (κ2) is 5.52. The first kappa shape index (κ1) is 13.7. The summed E-state index contributed by atoms with van der Waals surface area (Å²) in [7, 11) is 0. The summed E-state index contributed by atoms with van der Waals surface area (Å²) in [5, 5.41) is 8.67. The van der Waals surface area contributed by atoms with Crippen LogP contribution < -0.4 is 0 Å². The van der Waals surface area contributed by atoms with Gasteiger partial charge < -0.3 is 0 Å². The van der Waals surface area contributed by atoms with E-state index < -0.39 is 0 Å². The number of nitrogens with zero attached hydrogens (tertiary/aromatic N) is 2. The van der Waals surface area contributed by atoms with Gasteiger partial charge in [-0.2, -0.15) is 10.2 Å². The molecule has 0 saturated carbocycles. The summed E-state index contributed by atoms with van der Waals surface area (Å²) in [6, 6.07) is 8.49. The summed E-state index contributed by atoms with van der Waals surface area (Å²) >= 11 is 0. The van der Waals surface area contributed by atoms with Gasteiger partial charge in [-0.3, -0.25) is 0 Å². The van der Waals surface area contributed by atoms with Crippen LogP contribution in [0.5, 0.6) is 0 Å². The Hall–Kier alpha value is -1.70. The first-order chi connectivity index (χ1) is 8.96. The topological polar surface area (TPSA) is 24.7 Å². The van der Waals surface area contributed by atoms with Gasteiger partial charge in [-0.15, -0.1) is 0 Å². The van der Waals surface area contributed by atoms with E-state index >= 15 is 0 Å². The molecular weight excluding hydrogens is 232 g/mol. The Morgan fingerprint density at radius 1 is 1.16 bits per heavy atom. The van der Waals surface area contributed by atoms with Crippen molar-refractivity contribution in [3.63, 3.8) is 0 Å². The Bertz CT molecular complexity index is 543. The summed E-state index contributed by atoms with van der Waals surface area (Å²) in [4.78, 5) is 0. The van der Waals surface area contributed by atoms with Crippen molar-refractivity contribution >= 4 is 5.57 Å². The fourth-order valence-corrected chi connectivity index (χ4v) is 2.15. The predicted molar refractivity (Wildman–Crippen MR) is 81.1 cm³/mol. The Labute approximate surface area is 116 Å². The molecule has 0 N–H and O–H groups in total. The molecule has 0 heterocycles. The van der Waals surface area contributed by atoms with Gasteiger partial charge in [0.2, 0.25) is 0 Å². The fourth-order valence-electron chi connectivity index (χ4n) is 2.15. The lowest BCUT2D eigenvalue weighted by atomic mass is 9.99. The minimum Gasteiger partial charge on any atom is -0.189 e. The van der Waals surface area contributed by atoms with Gasteiger partial charge in [-0.05, 0) is 50.8 Å². The highest BCUT2D eigenvalue weighted by atomic mass is 15.1. The third kappa shape index (κ3) is 3.88. The molecule has 0 unspecified atom stereocenters. The molecule has 1 aromatic carbocycles. The van der Waals surface area contributed by atoms with Crippen LogP contribution in [0, 0.1) is 0 Å². The van der Waals surface area contributed by atoms with E-state index in [0.29, 0.717) is 6.54 Å². The fraction of sp³-hybridized carbons (Fsp3) is 0.412. The molecular formula is C17H22N2. The monoisotopic (exact) mass is 254 g/mol. The number of hydrogen-bond donors (Lipinski definition) is 0. The molecule has 0 aliphatic heterocycles. The standard InChI is InChI=1S/C17H22N2/c1-13-9-10-14(11-13)16-8-6-5-7-15(16)12-18-19-17(2,3)4/h5-9,11H,10,12H2,1-4H3. The van der Waals surface area contributed by atoms with E-state index in [1.807, 2.05) is 0 Å². The molecule has 1 aromatic rings. The van der Waals surface area contributed by atoms with Gasteiger partial charge in [-0.1, -0.05) is 42.0 Å². The molecule has 0 radical (unpaired) electrons. The van der Waals surface area contributed by atoms with Crippen LogP contribution in [0.2, 0.25) is 0 Å². The molecule has 2 rings (SSSR count). The second-order valence-corrected chi connectivity index (χ2v) is 6.05. The summed E-state index contributed by atoms with van der Waals surface area (Å²) in [6.45, 7) is 9.00. The highest BCUT2D eigenvalue weighted by molar-refractivity contribution is 5.74. The van der Waals surface area contributed by atoms with Crippen LogP contribution in [0.25, 0.3) is 5.57 Å². The molecule has 0 fully saturated rings. The highest BCUT2D eigenvalue weighted by Crippen LogP contribution is 2.29. The smallest absolute Gasteiger partial charge is 0.0855 e. The molecule has 1 aliphatic carbocycles. The van der Waals surface area contributed by atoms with Crippen LogP contribution in [-0.4, -0.2) is 5.54 Å². The number of hydrogen-bond acceptors (Lipinski definition) is 2. The van der Waals surface area contributed by atoms with Gasteiger partial charge in [0.1, 0.15) is 0 Å². The van der Waals surface area contributed by atoms with Crippen LogP contribution in [0.15, 0.2) is 52.2 Å². The summed E-state index contributed by atoms with van der Waals surface area (Å²) < 4.78 is 0. The summed E-state index contributed by atoms with van der Waals surface area (Å²) in [5.74, 6) is 0. The van der Waals surface area contributed by atoms with Gasteiger partial charge >= 0.3 is 0 Å². The maximum Gasteiger partial charge on any atom is 0.0855 e. The van der Waals surface area contributed by atoms with E-state index in [-0.39, 0.29) is 5.54 Å².